The third-order valence-electron chi connectivity index (χ3n) is 4.78. The second-order valence-electron chi connectivity index (χ2n) is 6.85. The average Bonchev–Trinajstić information content (AvgIpc) is 3.12. The summed E-state index contributed by atoms with van der Waals surface area (Å²) in [5, 5.41) is 2.91. The van der Waals surface area contributed by atoms with E-state index < -0.39 is 0 Å². The first kappa shape index (κ1) is 19.5. The number of likely N-dealkylation sites (N-methyl/N-ethyl adjacent to an activating group) is 1. The Bertz CT molecular complexity index is 967. The smallest absolute Gasteiger partial charge is 0.287 e. The van der Waals surface area contributed by atoms with Crippen LogP contribution in [-0.4, -0.2) is 50.7 Å². The molecule has 0 bridgehead atoms. The quantitative estimate of drug-likeness (QED) is 0.684. The molecular formula is C21H25N5O2. The van der Waals surface area contributed by atoms with Crippen molar-refractivity contribution in [2.24, 2.45) is 0 Å². The van der Waals surface area contributed by atoms with Crippen LogP contribution >= 0.6 is 0 Å². The molecule has 0 aliphatic rings. The molecule has 3 aromatic rings. The molecule has 28 heavy (non-hydrogen) atoms. The van der Waals surface area contributed by atoms with E-state index in [1.807, 2.05) is 38.1 Å². The van der Waals surface area contributed by atoms with Crippen molar-refractivity contribution >= 4 is 17.3 Å². The van der Waals surface area contributed by atoms with Crippen molar-refractivity contribution in [2.75, 3.05) is 13.6 Å². The van der Waals surface area contributed by atoms with Crippen molar-refractivity contribution in [3.8, 4) is 0 Å². The number of nitrogens with zero attached hydrogens (tertiary/aromatic N) is 4. The van der Waals surface area contributed by atoms with Crippen molar-refractivity contribution in [3.05, 3.63) is 66.0 Å². The number of amides is 2. The van der Waals surface area contributed by atoms with Crippen molar-refractivity contribution < 1.29 is 9.59 Å². The highest BCUT2D eigenvalue weighted by molar-refractivity contribution is 6.02. The molecule has 0 fully saturated rings. The number of nitrogens with one attached hydrogen (secondary N) is 1. The van der Waals surface area contributed by atoms with Crippen LogP contribution in [0.15, 0.2) is 48.9 Å². The Morgan fingerprint density at radius 3 is 2.68 bits per heavy atom. The molecule has 0 saturated carbocycles. The standard InChI is InChI=1S/C21H25N5O2/c1-4-15(2)23-20(27)19-24-18(17-7-5-6-13-26(17)19)21(28)25(3)14-10-16-8-11-22-12-9-16/h5-9,11-13,15H,4,10,14H2,1-3H3,(H,23,27). The van der Waals surface area contributed by atoms with E-state index in [0.717, 1.165) is 18.4 Å². The van der Waals surface area contributed by atoms with Gasteiger partial charge in [0.15, 0.2) is 5.69 Å². The molecule has 1 atom stereocenters. The van der Waals surface area contributed by atoms with E-state index in [4.69, 9.17) is 0 Å². The highest BCUT2D eigenvalue weighted by Gasteiger charge is 2.24. The minimum atomic E-state index is -0.283. The van der Waals surface area contributed by atoms with Gasteiger partial charge in [0.1, 0.15) is 0 Å². The molecule has 7 nitrogen and oxygen atoms in total. The Morgan fingerprint density at radius 2 is 1.96 bits per heavy atom. The van der Waals surface area contributed by atoms with Gasteiger partial charge in [0.05, 0.1) is 5.52 Å². The van der Waals surface area contributed by atoms with Crippen molar-refractivity contribution in [1.82, 2.24) is 24.6 Å². The lowest BCUT2D eigenvalue weighted by Crippen LogP contribution is -2.33. The first-order valence-corrected chi connectivity index (χ1v) is 9.43. The lowest BCUT2D eigenvalue weighted by Gasteiger charge is -2.16. The van der Waals surface area contributed by atoms with Gasteiger partial charge in [0.25, 0.3) is 11.8 Å². The predicted octanol–water partition coefficient (Wildman–Crippen LogP) is 2.57. The zero-order chi connectivity index (χ0) is 20.1. The van der Waals surface area contributed by atoms with E-state index in [9.17, 15) is 9.59 Å². The van der Waals surface area contributed by atoms with Crippen LogP contribution in [0.3, 0.4) is 0 Å². The van der Waals surface area contributed by atoms with Crippen molar-refractivity contribution in [2.45, 2.75) is 32.7 Å². The van der Waals surface area contributed by atoms with Gasteiger partial charge < -0.3 is 10.2 Å². The maximum Gasteiger partial charge on any atom is 0.287 e. The highest BCUT2D eigenvalue weighted by Crippen LogP contribution is 2.16. The monoisotopic (exact) mass is 379 g/mol. The number of fused-ring (bicyclic) bond motifs is 1. The fourth-order valence-corrected chi connectivity index (χ4v) is 2.87. The summed E-state index contributed by atoms with van der Waals surface area (Å²) < 4.78 is 1.67. The number of rotatable bonds is 7. The fourth-order valence-electron chi connectivity index (χ4n) is 2.87. The van der Waals surface area contributed by atoms with E-state index in [1.54, 1.807) is 41.0 Å². The average molecular weight is 379 g/mol. The molecule has 1 N–H and O–H groups in total. The number of carbonyl (C=O) groups is 2. The Morgan fingerprint density at radius 1 is 1.21 bits per heavy atom. The van der Waals surface area contributed by atoms with E-state index in [0.29, 0.717) is 12.1 Å². The molecule has 3 rings (SSSR count). The number of pyridine rings is 2. The summed E-state index contributed by atoms with van der Waals surface area (Å²) in [6.07, 6.45) is 6.77. The van der Waals surface area contributed by atoms with Crippen LogP contribution in [0.25, 0.3) is 5.52 Å². The van der Waals surface area contributed by atoms with E-state index in [2.05, 4.69) is 15.3 Å². The van der Waals surface area contributed by atoms with Crippen LogP contribution in [-0.2, 0) is 6.42 Å². The zero-order valence-electron chi connectivity index (χ0n) is 16.4. The molecule has 0 radical (unpaired) electrons. The summed E-state index contributed by atoms with van der Waals surface area (Å²) in [5.74, 6) is -0.267. The number of imidazole rings is 1. The minimum absolute atomic E-state index is 0.0331. The molecule has 3 heterocycles. The number of hydrogen-bond donors (Lipinski definition) is 1. The molecule has 2 amide bonds. The predicted molar refractivity (Wildman–Crippen MR) is 107 cm³/mol. The topological polar surface area (TPSA) is 79.6 Å². The second kappa shape index (κ2) is 8.65. The lowest BCUT2D eigenvalue weighted by atomic mass is 10.2. The van der Waals surface area contributed by atoms with E-state index >= 15 is 0 Å². The molecule has 0 aromatic carbocycles. The Kier molecular flexibility index (Phi) is 6.03. The van der Waals surface area contributed by atoms with Crippen LogP contribution < -0.4 is 5.32 Å². The van der Waals surface area contributed by atoms with Gasteiger partial charge in [0.2, 0.25) is 5.82 Å². The summed E-state index contributed by atoms with van der Waals surface area (Å²) in [7, 11) is 1.75. The molecule has 0 aliphatic carbocycles. The fraction of sp³-hybridized carbons (Fsp3) is 0.333. The molecule has 0 spiro atoms. The number of hydrogen-bond acceptors (Lipinski definition) is 4. The van der Waals surface area contributed by atoms with Crippen LogP contribution in [0.5, 0.6) is 0 Å². The summed E-state index contributed by atoms with van der Waals surface area (Å²) in [4.78, 5) is 35.7. The minimum Gasteiger partial charge on any atom is -0.347 e. The molecule has 0 saturated heterocycles. The largest absolute Gasteiger partial charge is 0.347 e. The first-order valence-electron chi connectivity index (χ1n) is 9.43. The van der Waals surface area contributed by atoms with Crippen LogP contribution in [0, 0.1) is 0 Å². The van der Waals surface area contributed by atoms with Gasteiger partial charge in [-0.05, 0) is 49.6 Å². The first-order chi connectivity index (χ1) is 13.5. The van der Waals surface area contributed by atoms with Crippen LogP contribution in [0.2, 0.25) is 0 Å². The lowest BCUT2D eigenvalue weighted by molar-refractivity contribution is 0.0793. The van der Waals surface area contributed by atoms with Gasteiger partial charge in [-0.15, -0.1) is 0 Å². The maximum atomic E-state index is 13.0. The van der Waals surface area contributed by atoms with E-state index in [1.165, 1.54) is 0 Å². The van der Waals surface area contributed by atoms with Gasteiger partial charge >= 0.3 is 0 Å². The summed E-state index contributed by atoms with van der Waals surface area (Å²) >= 11 is 0. The number of aromatic nitrogens is 3. The van der Waals surface area contributed by atoms with Gasteiger partial charge in [-0.25, -0.2) is 4.98 Å². The zero-order valence-corrected chi connectivity index (χ0v) is 16.4. The molecule has 1 unspecified atom stereocenters. The molecule has 146 valence electrons. The van der Waals surface area contributed by atoms with Gasteiger partial charge in [-0.3, -0.25) is 19.0 Å². The number of carbonyl (C=O) groups excluding carboxylic acids is 2. The maximum absolute atomic E-state index is 13.0. The summed E-state index contributed by atoms with van der Waals surface area (Å²) in [5.41, 5.74) is 2.02. The highest BCUT2D eigenvalue weighted by atomic mass is 16.2. The Labute approximate surface area is 164 Å². The molecule has 3 aromatic heterocycles. The van der Waals surface area contributed by atoms with Gasteiger partial charge in [-0.1, -0.05) is 13.0 Å². The Hall–Kier alpha value is -3.22. The summed E-state index contributed by atoms with van der Waals surface area (Å²) in [6.45, 7) is 4.48. The third-order valence-corrected chi connectivity index (χ3v) is 4.78. The second-order valence-corrected chi connectivity index (χ2v) is 6.85. The summed E-state index contributed by atoms with van der Waals surface area (Å²) in [6, 6.07) is 9.35. The van der Waals surface area contributed by atoms with E-state index in [-0.39, 0.29) is 29.4 Å². The third kappa shape index (κ3) is 4.19. The van der Waals surface area contributed by atoms with Gasteiger partial charge in [0, 0.05) is 38.2 Å². The Balaban J connectivity index is 1.83. The van der Waals surface area contributed by atoms with Crippen molar-refractivity contribution in [1.29, 1.82) is 0 Å². The van der Waals surface area contributed by atoms with Crippen LogP contribution in [0.1, 0.15) is 46.9 Å². The van der Waals surface area contributed by atoms with Gasteiger partial charge in [-0.2, -0.15) is 0 Å². The molecule has 7 heteroatoms. The van der Waals surface area contributed by atoms with Crippen molar-refractivity contribution in [3.63, 3.8) is 0 Å². The molecule has 0 aliphatic heterocycles. The molecular weight excluding hydrogens is 354 g/mol. The SMILES string of the molecule is CCC(C)NC(=O)c1nc(C(=O)N(C)CCc2ccncc2)c2ccccn12. The van der Waals surface area contributed by atoms with Crippen LogP contribution in [0.4, 0.5) is 0 Å². The normalized spacial score (nSPS) is 12.0.